The minimum Gasteiger partial charge on any atom is -0.507 e. The van der Waals surface area contributed by atoms with Gasteiger partial charge < -0.3 is 19.6 Å². The number of ether oxygens (including phenoxy) is 1. The van der Waals surface area contributed by atoms with Gasteiger partial charge in [-0.15, -0.1) is 0 Å². The number of phenols is 1. The van der Waals surface area contributed by atoms with Crippen LogP contribution >= 0.6 is 7.82 Å². The van der Waals surface area contributed by atoms with Gasteiger partial charge in [-0.3, -0.25) is 4.52 Å². The number of hydrogen-bond donors (Lipinski definition) is 3. The topological polar surface area (TPSA) is 96.2 Å². The van der Waals surface area contributed by atoms with E-state index in [2.05, 4.69) is 18.4 Å². The maximum atomic E-state index is 10.6. The van der Waals surface area contributed by atoms with E-state index in [1.807, 2.05) is 13.8 Å². The molecule has 0 bridgehead atoms. The van der Waals surface area contributed by atoms with Crippen LogP contribution in [0.1, 0.15) is 106 Å². The molecule has 6 nitrogen and oxygen atoms in total. The van der Waals surface area contributed by atoms with Crippen molar-refractivity contribution in [3.8, 4) is 11.5 Å². The van der Waals surface area contributed by atoms with Crippen molar-refractivity contribution in [2.75, 3.05) is 6.61 Å². The van der Waals surface area contributed by atoms with Crippen LogP contribution in [0.25, 0.3) is 0 Å². The fraction of sp³-hybridized carbons (Fsp3) is 0.760. The normalized spacial score (nSPS) is 18.4. The lowest BCUT2D eigenvalue weighted by Crippen LogP contribution is -2.37. The monoisotopic (exact) mass is 470 g/mol. The van der Waals surface area contributed by atoms with Crippen LogP contribution in [-0.4, -0.2) is 27.1 Å². The summed E-state index contributed by atoms with van der Waals surface area (Å²) < 4.78 is 21.5. The standard InChI is InChI=1S/C25H43O6P/c1-19-20(2)24-22(21(3)23(19)26)15-17-25(4,31-24)16-13-11-9-7-5-6-8-10-12-14-18-30-32(27,28)29/h26H,5-18H2,1-4H3,(H2,27,28,29). The number of fused-ring (bicyclic) bond motifs is 1. The Morgan fingerprint density at radius 1 is 0.875 bits per heavy atom. The summed E-state index contributed by atoms with van der Waals surface area (Å²) in [5.41, 5.74) is 4.04. The summed E-state index contributed by atoms with van der Waals surface area (Å²) in [7, 11) is -4.30. The fourth-order valence-corrected chi connectivity index (χ4v) is 5.04. The molecule has 1 unspecified atom stereocenters. The van der Waals surface area contributed by atoms with Gasteiger partial charge >= 0.3 is 7.82 Å². The Hall–Kier alpha value is -1.07. The fourth-order valence-electron chi connectivity index (χ4n) is 4.67. The molecule has 0 fully saturated rings. The molecule has 2 rings (SSSR count). The molecule has 0 amide bonds. The quantitative estimate of drug-likeness (QED) is 0.204. The first-order valence-electron chi connectivity index (χ1n) is 12.2. The minimum absolute atomic E-state index is 0.114. The van der Waals surface area contributed by atoms with E-state index in [1.54, 1.807) is 0 Å². The van der Waals surface area contributed by atoms with Gasteiger partial charge in [-0.25, -0.2) is 4.57 Å². The summed E-state index contributed by atoms with van der Waals surface area (Å²) in [5.74, 6) is 1.42. The van der Waals surface area contributed by atoms with E-state index in [0.717, 1.165) is 54.5 Å². The van der Waals surface area contributed by atoms with Gasteiger partial charge in [0.1, 0.15) is 17.1 Å². The highest BCUT2D eigenvalue weighted by atomic mass is 31.2. The predicted molar refractivity (Wildman–Crippen MR) is 128 cm³/mol. The second-order valence-electron chi connectivity index (χ2n) is 9.69. The third-order valence-corrected chi connectivity index (χ3v) is 7.47. The molecule has 0 spiro atoms. The Kier molecular flexibility index (Phi) is 10.5. The van der Waals surface area contributed by atoms with Crippen LogP contribution < -0.4 is 4.74 Å². The van der Waals surface area contributed by atoms with E-state index in [-0.39, 0.29) is 12.2 Å². The van der Waals surface area contributed by atoms with Crippen molar-refractivity contribution in [2.45, 2.75) is 117 Å². The van der Waals surface area contributed by atoms with Crippen LogP contribution in [0.2, 0.25) is 0 Å². The number of phenolic OH excluding ortho intramolecular Hbond substituents is 1. The molecule has 0 saturated carbocycles. The zero-order valence-corrected chi connectivity index (χ0v) is 21.3. The maximum absolute atomic E-state index is 10.6. The lowest BCUT2D eigenvalue weighted by Gasteiger charge is -2.38. The smallest absolute Gasteiger partial charge is 0.469 e. The highest BCUT2D eigenvalue weighted by Gasteiger charge is 2.34. The van der Waals surface area contributed by atoms with Crippen molar-refractivity contribution in [1.82, 2.24) is 0 Å². The molecule has 3 N–H and O–H groups in total. The van der Waals surface area contributed by atoms with Gasteiger partial charge in [0.2, 0.25) is 0 Å². The van der Waals surface area contributed by atoms with Gasteiger partial charge in [0.15, 0.2) is 0 Å². The first-order chi connectivity index (χ1) is 15.0. The SMILES string of the molecule is Cc1c(C)c2c(c(C)c1O)CCC(C)(CCCCCCCCCCCCOP(=O)(O)O)O2. The van der Waals surface area contributed by atoms with Gasteiger partial charge in [-0.2, -0.15) is 0 Å². The second-order valence-corrected chi connectivity index (χ2v) is 10.9. The van der Waals surface area contributed by atoms with Crippen LogP contribution in [0, 0.1) is 20.8 Å². The summed E-state index contributed by atoms with van der Waals surface area (Å²) in [6.45, 7) is 8.38. The number of aromatic hydroxyl groups is 1. The number of hydrogen-bond acceptors (Lipinski definition) is 4. The molecule has 0 aromatic heterocycles. The molecule has 32 heavy (non-hydrogen) atoms. The second kappa shape index (κ2) is 12.4. The summed E-state index contributed by atoms with van der Waals surface area (Å²) in [6, 6.07) is 0. The van der Waals surface area contributed by atoms with Crippen molar-refractivity contribution in [3.63, 3.8) is 0 Å². The maximum Gasteiger partial charge on any atom is 0.469 e. The third-order valence-electron chi connectivity index (χ3n) is 6.95. The van der Waals surface area contributed by atoms with Gasteiger partial charge in [-0.05, 0) is 76.5 Å². The minimum atomic E-state index is -4.30. The third kappa shape index (κ3) is 8.37. The molecule has 7 heteroatoms. The van der Waals surface area contributed by atoms with Crippen LogP contribution in [-0.2, 0) is 15.5 Å². The number of phosphoric acid groups is 1. The summed E-state index contributed by atoms with van der Waals surface area (Å²) >= 11 is 0. The van der Waals surface area contributed by atoms with Gasteiger partial charge in [0.05, 0.1) is 6.61 Å². The van der Waals surface area contributed by atoms with Crippen LogP contribution in [0.4, 0.5) is 0 Å². The number of phosphoric ester groups is 1. The Morgan fingerprint density at radius 3 is 1.97 bits per heavy atom. The van der Waals surface area contributed by atoms with Gasteiger partial charge in [-0.1, -0.05) is 51.4 Å². The van der Waals surface area contributed by atoms with Crippen LogP contribution in [0.15, 0.2) is 0 Å². The van der Waals surface area contributed by atoms with Crippen molar-refractivity contribution in [1.29, 1.82) is 0 Å². The van der Waals surface area contributed by atoms with E-state index in [0.29, 0.717) is 12.2 Å². The first kappa shape index (κ1) is 27.2. The molecule has 1 aliphatic heterocycles. The predicted octanol–water partition coefficient (Wildman–Crippen LogP) is 6.80. The van der Waals surface area contributed by atoms with E-state index in [4.69, 9.17) is 14.5 Å². The van der Waals surface area contributed by atoms with Crippen molar-refractivity contribution < 1.29 is 28.7 Å². The van der Waals surface area contributed by atoms with E-state index in [1.165, 1.54) is 50.5 Å². The number of unbranched alkanes of at least 4 members (excludes halogenated alkanes) is 9. The molecule has 1 heterocycles. The molecule has 0 saturated heterocycles. The highest BCUT2D eigenvalue weighted by Crippen LogP contribution is 2.44. The largest absolute Gasteiger partial charge is 0.507 e. The first-order valence-corrected chi connectivity index (χ1v) is 13.8. The molecule has 184 valence electrons. The van der Waals surface area contributed by atoms with E-state index < -0.39 is 7.82 Å². The Balaban J connectivity index is 1.56. The molecular weight excluding hydrogens is 427 g/mol. The Morgan fingerprint density at radius 2 is 1.41 bits per heavy atom. The van der Waals surface area contributed by atoms with Gasteiger partial charge in [0, 0.05) is 5.56 Å². The molecule has 1 aromatic rings. The summed E-state index contributed by atoms with van der Waals surface area (Å²) in [6.07, 6.45) is 14.4. The number of benzene rings is 1. The van der Waals surface area contributed by atoms with Crippen molar-refractivity contribution in [2.24, 2.45) is 0 Å². The zero-order chi connectivity index (χ0) is 23.8. The van der Waals surface area contributed by atoms with Crippen LogP contribution in [0.5, 0.6) is 11.5 Å². The number of rotatable bonds is 14. The molecule has 1 aromatic carbocycles. The average molecular weight is 471 g/mol. The highest BCUT2D eigenvalue weighted by molar-refractivity contribution is 7.46. The Labute approximate surface area is 194 Å². The molecule has 0 radical (unpaired) electrons. The summed E-state index contributed by atoms with van der Waals surface area (Å²) in [4.78, 5) is 17.2. The summed E-state index contributed by atoms with van der Waals surface area (Å²) in [5, 5.41) is 10.3. The van der Waals surface area contributed by atoms with Crippen LogP contribution in [0.3, 0.4) is 0 Å². The zero-order valence-electron chi connectivity index (χ0n) is 20.4. The van der Waals surface area contributed by atoms with E-state index >= 15 is 0 Å². The average Bonchev–Trinajstić information content (AvgIpc) is 2.73. The lowest BCUT2D eigenvalue weighted by atomic mass is 9.84. The van der Waals surface area contributed by atoms with Crippen molar-refractivity contribution >= 4 is 7.82 Å². The van der Waals surface area contributed by atoms with Crippen molar-refractivity contribution in [3.05, 3.63) is 22.3 Å². The molecule has 1 atom stereocenters. The van der Waals surface area contributed by atoms with E-state index in [9.17, 15) is 9.67 Å². The molecule has 1 aliphatic rings. The molecule has 0 aliphatic carbocycles. The Bertz CT molecular complexity index is 787. The van der Waals surface area contributed by atoms with Gasteiger partial charge in [0.25, 0.3) is 0 Å². The lowest BCUT2D eigenvalue weighted by molar-refractivity contribution is 0.0521. The molecular formula is C25H43O6P.